The number of nitrogens with zero attached hydrogens (tertiary/aromatic N) is 6. The average molecular weight is 546 g/mol. The van der Waals surface area contributed by atoms with Gasteiger partial charge in [-0.2, -0.15) is 5.26 Å². The Kier molecular flexibility index (Phi) is 7.17. The number of aromatic carboxylic acids is 1. The van der Waals surface area contributed by atoms with Gasteiger partial charge in [-0.05, 0) is 49.7 Å². The van der Waals surface area contributed by atoms with E-state index < -0.39 is 5.97 Å². The standard InChI is InChI=1S/C28H25ClFN7O2/c1-16-13-18(17(2)32-20-7-8-24(29)34-26(20)28(38)39)25-21(14-16)33-22(15-31)27(35-25)37-11-9-36(10-12-37)23-6-4-3-5-19(23)30/h3-8,13-14,17,32H,9-12H2,1-2H3,(H,38,39)/t17-/m1/s1. The molecule has 11 heteroatoms. The molecular weight excluding hydrogens is 521 g/mol. The van der Waals surface area contributed by atoms with Gasteiger partial charge in [-0.25, -0.2) is 24.1 Å². The molecule has 9 nitrogen and oxygen atoms in total. The molecule has 1 fully saturated rings. The number of benzene rings is 2. The van der Waals surface area contributed by atoms with Crippen LogP contribution in [0.5, 0.6) is 0 Å². The fraction of sp³-hybridized carbons (Fsp3) is 0.250. The first-order chi connectivity index (χ1) is 18.7. The van der Waals surface area contributed by atoms with Crippen molar-refractivity contribution < 1.29 is 14.3 Å². The van der Waals surface area contributed by atoms with Gasteiger partial charge in [0.2, 0.25) is 0 Å². The maximum Gasteiger partial charge on any atom is 0.356 e. The number of carboxylic acids is 1. The SMILES string of the molecule is Cc1cc([C@@H](C)Nc2ccc(Cl)nc2C(=O)O)c2nc(N3CCN(c4ccccc4F)CC3)c(C#N)nc2c1. The topological polar surface area (TPSA) is 118 Å². The van der Waals surface area contributed by atoms with Crippen molar-refractivity contribution >= 4 is 45.8 Å². The molecule has 0 unspecified atom stereocenters. The lowest BCUT2D eigenvalue weighted by molar-refractivity contribution is 0.0691. The zero-order valence-electron chi connectivity index (χ0n) is 21.3. The minimum Gasteiger partial charge on any atom is -0.476 e. The second-order valence-electron chi connectivity index (χ2n) is 9.36. The number of anilines is 3. The summed E-state index contributed by atoms with van der Waals surface area (Å²) in [4.78, 5) is 29.2. The third-order valence-corrected chi connectivity index (χ3v) is 6.92. The number of para-hydroxylation sites is 1. The Bertz CT molecular complexity index is 1620. The molecule has 0 saturated carbocycles. The van der Waals surface area contributed by atoms with Crippen molar-refractivity contribution in [1.82, 2.24) is 15.0 Å². The zero-order chi connectivity index (χ0) is 27.7. The molecule has 1 aliphatic heterocycles. The van der Waals surface area contributed by atoms with E-state index in [1.165, 1.54) is 12.1 Å². The van der Waals surface area contributed by atoms with E-state index >= 15 is 0 Å². The Balaban J connectivity index is 1.48. The lowest BCUT2D eigenvalue weighted by atomic mass is 10.0. The van der Waals surface area contributed by atoms with E-state index in [1.54, 1.807) is 18.2 Å². The fourth-order valence-electron chi connectivity index (χ4n) is 4.84. The number of piperazine rings is 1. The molecular formula is C28H25ClFN7O2. The number of carboxylic acid groups (broad SMARTS) is 1. The Morgan fingerprint density at radius 2 is 1.82 bits per heavy atom. The van der Waals surface area contributed by atoms with E-state index in [4.69, 9.17) is 16.6 Å². The van der Waals surface area contributed by atoms with Crippen molar-refractivity contribution in [2.24, 2.45) is 0 Å². The predicted octanol–water partition coefficient (Wildman–Crippen LogP) is 5.20. The smallest absolute Gasteiger partial charge is 0.356 e. The first-order valence-corrected chi connectivity index (χ1v) is 12.8. The van der Waals surface area contributed by atoms with Gasteiger partial charge in [0.25, 0.3) is 0 Å². The Hall–Kier alpha value is -4.49. The maximum absolute atomic E-state index is 14.3. The third-order valence-electron chi connectivity index (χ3n) is 6.71. The number of aromatic nitrogens is 3. The normalized spacial score (nSPS) is 14.2. The van der Waals surface area contributed by atoms with Gasteiger partial charge >= 0.3 is 5.97 Å². The summed E-state index contributed by atoms with van der Waals surface area (Å²) in [5, 5.41) is 22.8. The molecule has 3 heterocycles. The minimum absolute atomic E-state index is 0.0845. The van der Waals surface area contributed by atoms with E-state index in [0.717, 1.165) is 11.1 Å². The quantitative estimate of drug-likeness (QED) is 0.315. The summed E-state index contributed by atoms with van der Waals surface area (Å²) >= 11 is 5.91. The lowest BCUT2D eigenvalue weighted by Crippen LogP contribution is -2.47. The molecule has 5 rings (SSSR count). The van der Waals surface area contributed by atoms with Crippen LogP contribution < -0.4 is 15.1 Å². The van der Waals surface area contributed by atoms with Crippen molar-refractivity contribution in [3.05, 3.63) is 82.0 Å². The molecule has 2 aromatic heterocycles. The van der Waals surface area contributed by atoms with Crippen LogP contribution in [-0.2, 0) is 0 Å². The second kappa shape index (κ2) is 10.7. The summed E-state index contributed by atoms with van der Waals surface area (Å²) in [5.41, 5.74) is 3.79. The van der Waals surface area contributed by atoms with Crippen LogP contribution in [0.15, 0.2) is 48.5 Å². The van der Waals surface area contributed by atoms with Gasteiger partial charge in [-0.3, -0.25) is 0 Å². The molecule has 2 aromatic carbocycles. The molecule has 39 heavy (non-hydrogen) atoms. The van der Waals surface area contributed by atoms with Crippen molar-refractivity contribution in [1.29, 1.82) is 5.26 Å². The van der Waals surface area contributed by atoms with E-state index in [1.807, 2.05) is 41.8 Å². The van der Waals surface area contributed by atoms with Gasteiger partial charge in [-0.15, -0.1) is 0 Å². The van der Waals surface area contributed by atoms with Crippen molar-refractivity contribution in [3.8, 4) is 6.07 Å². The highest BCUT2D eigenvalue weighted by atomic mass is 35.5. The molecule has 0 amide bonds. The number of aryl methyl sites for hydroxylation is 1. The number of nitriles is 1. The van der Waals surface area contributed by atoms with Crippen LogP contribution in [0.4, 0.5) is 21.6 Å². The van der Waals surface area contributed by atoms with Crippen LogP contribution in [0.25, 0.3) is 11.0 Å². The zero-order valence-corrected chi connectivity index (χ0v) is 22.1. The van der Waals surface area contributed by atoms with E-state index in [9.17, 15) is 19.6 Å². The number of hydrogen-bond donors (Lipinski definition) is 2. The van der Waals surface area contributed by atoms with Crippen LogP contribution in [-0.4, -0.2) is 52.2 Å². The molecule has 0 bridgehead atoms. The highest BCUT2D eigenvalue weighted by Gasteiger charge is 2.25. The number of halogens is 2. The van der Waals surface area contributed by atoms with Gasteiger partial charge < -0.3 is 20.2 Å². The largest absolute Gasteiger partial charge is 0.476 e. The molecule has 0 radical (unpaired) electrons. The molecule has 2 N–H and O–H groups in total. The summed E-state index contributed by atoms with van der Waals surface area (Å²) in [6.07, 6.45) is 0. The first kappa shape index (κ1) is 26.1. The van der Waals surface area contributed by atoms with Gasteiger partial charge in [0.15, 0.2) is 17.2 Å². The summed E-state index contributed by atoms with van der Waals surface area (Å²) in [6, 6.07) is 15.4. The van der Waals surface area contributed by atoms with E-state index in [0.29, 0.717) is 54.4 Å². The number of nitrogens with one attached hydrogen (secondary N) is 1. The summed E-state index contributed by atoms with van der Waals surface area (Å²) in [5.74, 6) is -0.996. The third kappa shape index (κ3) is 5.26. The molecule has 1 aliphatic rings. The maximum atomic E-state index is 14.3. The monoisotopic (exact) mass is 545 g/mol. The van der Waals surface area contributed by atoms with Gasteiger partial charge in [0.1, 0.15) is 17.0 Å². The van der Waals surface area contributed by atoms with Gasteiger partial charge in [0.05, 0.1) is 28.5 Å². The predicted molar refractivity (Wildman–Crippen MR) is 148 cm³/mol. The van der Waals surface area contributed by atoms with Crippen LogP contribution in [0, 0.1) is 24.1 Å². The summed E-state index contributed by atoms with van der Waals surface area (Å²) in [7, 11) is 0. The average Bonchev–Trinajstić information content (AvgIpc) is 2.93. The van der Waals surface area contributed by atoms with Gasteiger partial charge in [-0.1, -0.05) is 29.8 Å². The highest BCUT2D eigenvalue weighted by Crippen LogP contribution is 2.31. The minimum atomic E-state index is -1.20. The van der Waals surface area contributed by atoms with Gasteiger partial charge in [0, 0.05) is 31.7 Å². The fourth-order valence-corrected chi connectivity index (χ4v) is 4.99. The van der Waals surface area contributed by atoms with Crippen molar-refractivity contribution in [2.75, 3.05) is 41.3 Å². The molecule has 4 aromatic rings. The molecule has 1 saturated heterocycles. The summed E-state index contributed by atoms with van der Waals surface area (Å²) in [6.45, 7) is 6.01. The Morgan fingerprint density at radius 3 is 2.51 bits per heavy atom. The molecule has 0 spiro atoms. The van der Waals surface area contributed by atoms with E-state index in [-0.39, 0.29) is 28.4 Å². The first-order valence-electron chi connectivity index (χ1n) is 12.4. The number of carbonyl (C=O) groups is 1. The van der Waals surface area contributed by atoms with E-state index in [2.05, 4.69) is 21.4 Å². The number of pyridine rings is 1. The number of fused-ring (bicyclic) bond motifs is 1. The molecule has 0 aliphatic carbocycles. The van der Waals surface area contributed by atoms with Crippen LogP contribution >= 0.6 is 11.6 Å². The van der Waals surface area contributed by atoms with Crippen LogP contribution in [0.2, 0.25) is 5.15 Å². The van der Waals surface area contributed by atoms with Crippen molar-refractivity contribution in [2.45, 2.75) is 19.9 Å². The van der Waals surface area contributed by atoms with Crippen molar-refractivity contribution in [3.63, 3.8) is 0 Å². The van der Waals surface area contributed by atoms with Crippen LogP contribution in [0.1, 0.15) is 40.3 Å². The summed E-state index contributed by atoms with van der Waals surface area (Å²) < 4.78 is 14.3. The highest BCUT2D eigenvalue weighted by molar-refractivity contribution is 6.29. The van der Waals surface area contributed by atoms with Crippen LogP contribution in [0.3, 0.4) is 0 Å². The second-order valence-corrected chi connectivity index (χ2v) is 9.74. The lowest BCUT2D eigenvalue weighted by Gasteiger charge is -2.37. The number of hydrogen-bond acceptors (Lipinski definition) is 8. The Labute approximate surface area is 229 Å². The number of rotatable bonds is 6. The molecule has 1 atom stereocenters. The molecule has 198 valence electrons. The Morgan fingerprint density at radius 1 is 1.10 bits per heavy atom.